The van der Waals surface area contributed by atoms with Gasteiger partial charge in [-0.1, -0.05) is 0 Å². The van der Waals surface area contributed by atoms with Gasteiger partial charge in [-0.15, -0.1) is 0 Å². The molecule has 0 heterocycles. The second-order valence-electron chi connectivity index (χ2n) is 0.447. The van der Waals surface area contributed by atoms with Crippen LogP contribution in [0.1, 0.15) is 0 Å². The first-order chi connectivity index (χ1) is 2.00. The third-order valence-electron chi connectivity index (χ3n) is 0. The van der Waals surface area contributed by atoms with E-state index in [9.17, 15) is 0 Å². The van der Waals surface area contributed by atoms with Gasteiger partial charge in [-0.3, -0.25) is 0 Å². The van der Waals surface area contributed by atoms with E-state index in [4.69, 9.17) is 19.2 Å². The second kappa shape index (κ2) is 2.89. The molecule has 0 bridgehead atoms. The van der Waals surface area contributed by atoms with Crippen molar-refractivity contribution in [2.24, 2.45) is 0 Å². The first kappa shape index (κ1) is 9.93. The van der Waals surface area contributed by atoms with Crippen molar-refractivity contribution in [1.82, 2.24) is 0 Å². The topological polar surface area (TPSA) is 86.2 Å². The van der Waals surface area contributed by atoms with E-state index in [-0.39, 0.29) is 21.1 Å². The molecule has 38 valence electrons. The van der Waals surface area contributed by atoms with Crippen LogP contribution in [-0.4, -0.2) is 0 Å². The van der Waals surface area contributed by atoms with E-state index < -0.39 is 7.82 Å². The van der Waals surface area contributed by atoms with Crippen molar-refractivity contribution in [3.63, 3.8) is 0 Å². The molecule has 0 aromatic heterocycles. The Kier molecular flexibility index (Phi) is 4.78. The van der Waals surface area contributed by atoms with Gasteiger partial charge in [0.15, 0.2) is 0 Å². The summed E-state index contributed by atoms with van der Waals surface area (Å²) in [5, 5.41) is 0. The van der Waals surface area contributed by atoms with Crippen molar-refractivity contribution in [3.05, 3.63) is 0 Å². The van der Waals surface area contributed by atoms with Crippen molar-refractivity contribution in [2.45, 2.75) is 0 Å². The summed E-state index contributed by atoms with van der Waals surface area (Å²) in [6.07, 6.45) is 0. The Morgan fingerprint density at radius 1 is 1.17 bits per heavy atom. The Hall–Kier alpha value is 0.798. The maximum Gasteiger partial charge on any atom is 0 e. The van der Waals surface area contributed by atoms with Gasteiger partial charge in [-0.2, -0.15) is 7.82 Å². The molecule has 0 radical (unpaired) electrons. The number of rotatable bonds is 0. The van der Waals surface area contributed by atoms with Crippen LogP contribution in [0.15, 0.2) is 0 Å². The van der Waals surface area contributed by atoms with Crippen molar-refractivity contribution >= 4 is 7.82 Å². The predicted molar refractivity (Wildman–Crippen MR) is 7.61 cm³/mol. The second-order valence-corrected chi connectivity index (χ2v) is 1.34. The first-order valence-corrected chi connectivity index (χ1v) is 2.19. The van der Waals surface area contributed by atoms with Gasteiger partial charge in [-0.25, -0.2) is 0 Å². The van der Waals surface area contributed by atoms with Crippen LogP contribution in [0.2, 0.25) is 0 Å². The van der Waals surface area contributed by atoms with Gasteiger partial charge in [0.2, 0.25) is 0 Å². The van der Waals surface area contributed by atoms with Crippen LogP contribution in [0, 0.1) is 0 Å². The van der Waals surface area contributed by atoms with Crippen LogP contribution in [-0.2, 0) is 25.6 Å². The maximum atomic E-state index is 8.55. The summed E-state index contributed by atoms with van der Waals surface area (Å²) in [5.41, 5.74) is 0. The van der Waals surface area contributed by atoms with Crippen LogP contribution in [0.4, 0.5) is 0 Å². The van der Waals surface area contributed by atoms with E-state index in [0.717, 1.165) is 0 Å². The van der Waals surface area contributed by atoms with Gasteiger partial charge >= 0.3 is 0 Å². The quantitative estimate of drug-likeness (QED) is 0.447. The molecule has 0 fully saturated rings. The van der Waals surface area contributed by atoms with Crippen LogP contribution in [0.25, 0.3) is 0 Å². The maximum absolute atomic E-state index is 8.55. The van der Waals surface area contributed by atoms with Gasteiger partial charge in [-0.05, 0) is 0 Å². The largest absolute Gasteiger partial charge is 0.822 e. The van der Waals surface area contributed by atoms with Gasteiger partial charge in [0.1, 0.15) is 0 Å². The zero-order chi connectivity index (χ0) is 4.50. The first-order valence-electron chi connectivity index (χ1n) is 0.730. The van der Waals surface area contributed by atoms with Crippen LogP contribution < -0.4 is 14.7 Å². The molecular formula is O4PW-3. The smallest absolute Gasteiger partial charge is 0 e. The summed E-state index contributed by atoms with van der Waals surface area (Å²) in [6.45, 7) is 0. The molecule has 0 N–H and O–H groups in total. The van der Waals surface area contributed by atoms with E-state index in [2.05, 4.69) is 0 Å². The molecular weight excluding hydrogens is 279 g/mol. The minimum Gasteiger partial charge on any atom is -0.822 e. The fourth-order valence-corrected chi connectivity index (χ4v) is 0. The minimum absolute atomic E-state index is 0. The average molecular weight is 279 g/mol. The molecule has 0 unspecified atom stereocenters. The molecule has 0 aliphatic heterocycles. The summed E-state index contributed by atoms with van der Waals surface area (Å²) in [5.74, 6) is 0. The molecule has 0 saturated heterocycles. The van der Waals surface area contributed by atoms with E-state index >= 15 is 0 Å². The van der Waals surface area contributed by atoms with Crippen LogP contribution >= 0.6 is 7.82 Å². The third kappa shape index (κ3) is 109. The fourth-order valence-electron chi connectivity index (χ4n) is 0. The van der Waals surface area contributed by atoms with Gasteiger partial charge in [0, 0.05) is 21.1 Å². The summed E-state index contributed by atoms with van der Waals surface area (Å²) in [6, 6.07) is 0. The van der Waals surface area contributed by atoms with Gasteiger partial charge < -0.3 is 19.2 Å². The Bertz CT molecular complexity index is 53.7. The number of hydrogen-bond donors (Lipinski definition) is 0. The Morgan fingerprint density at radius 2 is 1.17 bits per heavy atom. The van der Waals surface area contributed by atoms with E-state index in [1.54, 1.807) is 0 Å². The summed E-state index contributed by atoms with van der Waals surface area (Å²) in [4.78, 5) is 25.6. The Labute approximate surface area is 48.7 Å². The van der Waals surface area contributed by atoms with Crippen molar-refractivity contribution in [3.8, 4) is 0 Å². The average Bonchev–Trinajstić information content (AvgIpc) is 0.722. The fraction of sp³-hybridized carbons (Fsp3) is 0. The van der Waals surface area contributed by atoms with Crippen molar-refractivity contribution in [2.75, 3.05) is 0 Å². The predicted octanol–water partition coefficient (Wildman–Crippen LogP) is -2.83. The summed E-state index contributed by atoms with van der Waals surface area (Å²) in [7, 11) is -5.39. The van der Waals surface area contributed by atoms with Gasteiger partial charge in [0.05, 0.1) is 0 Å². The van der Waals surface area contributed by atoms with Crippen LogP contribution in [0.5, 0.6) is 0 Å². The van der Waals surface area contributed by atoms with E-state index in [1.807, 2.05) is 0 Å². The molecule has 0 amide bonds. The third-order valence-corrected chi connectivity index (χ3v) is 0. The molecule has 6 heavy (non-hydrogen) atoms. The number of phosphoric acid groups is 1. The SMILES string of the molecule is O=P([O-])([O-])[O-].[W]. The van der Waals surface area contributed by atoms with Crippen molar-refractivity contribution < 1.29 is 40.3 Å². The molecule has 0 atom stereocenters. The normalized spacial score (nSPS) is 9.83. The summed E-state index contributed by atoms with van der Waals surface area (Å²) < 4.78 is 8.55. The van der Waals surface area contributed by atoms with Crippen LogP contribution in [0.3, 0.4) is 0 Å². The molecule has 0 aromatic rings. The monoisotopic (exact) mass is 279 g/mol. The molecule has 0 aliphatic carbocycles. The zero-order valence-electron chi connectivity index (χ0n) is 2.49. The van der Waals surface area contributed by atoms with E-state index in [0.29, 0.717) is 0 Å². The molecule has 0 aromatic carbocycles. The molecule has 0 spiro atoms. The molecule has 6 heteroatoms. The molecule has 0 aliphatic rings. The molecule has 0 rings (SSSR count). The van der Waals surface area contributed by atoms with Gasteiger partial charge in [0.25, 0.3) is 0 Å². The molecule has 4 nitrogen and oxygen atoms in total. The number of hydrogen-bond acceptors (Lipinski definition) is 4. The minimum atomic E-state index is -5.39. The zero-order valence-corrected chi connectivity index (χ0v) is 6.32. The molecule has 0 saturated carbocycles. The van der Waals surface area contributed by atoms with Crippen molar-refractivity contribution in [1.29, 1.82) is 0 Å². The summed E-state index contributed by atoms with van der Waals surface area (Å²) >= 11 is 0. The Balaban J connectivity index is 0. The van der Waals surface area contributed by atoms with E-state index in [1.165, 1.54) is 0 Å². The Morgan fingerprint density at radius 3 is 1.17 bits per heavy atom. The standard InChI is InChI=1S/H3O4P.W/c1-5(2,3)4;/h(H3,1,2,3,4);/p-3.